The molecule has 0 radical (unpaired) electrons. The molecule has 0 aromatic carbocycles. The molecule has 0 amide bonds. The van der Waals surface area contributed by atoms with Crippen LogP contribution in [0.3, 0.4) is 0 Å². The van der Waals surface area contributed by atoms with Crippen molar-refractivity contribution in [3.63, 3.8) is 0 Å². The fourth-order valence-electron chi connectivity index (χ4n) is 1.81. The van der Waals surface area contributed by atoms with Gasteiger partial charge in [-0.25, -0.2) is 4.98 Å². The molecule has 1 fully saturated rings. The van der Waals surface area contributed by atoms with Gasteiger partial charge in [0.1, 0.15) is 5.82 Å². The zero-order valence-corrected chi connectivity index (χ0v) is 13.7. The summed E-state index contributed by atoms with van der Waals surface area (Å²) >= 11 is 14.7. The molecule has 0 bridgehead atoms. The molecule has 4 nitrogen and oxygen atoms in total. The van der Waals surface area contributed by atoms with Gasteiger partial charge >= 0.3 is 0 Å². The van der Waals surface area contributed by atoms with E-state index in [1.165, 1.54) is 0 Å². The summed E-state index contributed by atoms with van der Waals surface area (Å²) in [5.41, 5.74) is 0.932. The molecule has 2 heterocycles. The van der Waals surface area contributed by atoms with E-state index < -0.39 is 0 Å². The Kier molecular flexibility index (Phi) is 5.38. The maximum atomic E-state index is 5.98. The first-order valence-corrected chi connectivity index (χ1v) is 7.63. The van der Waals surface area contributed by atoms with Crippen LogP contribution in [0.5, 0.6) is 0 Å². The maximum Gasteiger partial charge on any atom is 0.172 e. The van der Waals surface area contributed by atoms with Gasteiger partial charge in [0.2, 0.25) is 0 Å². The molecule has 2 N–H and O–H groups in total. The van der Waals surface area contributed by atoms with E-state index in [1.807, 2.05) is 6.92 Å². The van der Waals surface area contributed by atoms with Gasteiger partial charge in [0.15, 0.2) is 5.11 Å². The summed E-state index contributed by atoms with van der Waals surface area (Å²) < 4.78 is 6.34. The Hall–Kier alpha value is -0.430. The van der Waals surface area contributed by atoms with Crippen LogP contribution in [-0.4, -0.2) is 29.4 Å². The zero-order chi connectivity index (χ0) is 13.8. The number of pyridine rings is 1. The molecule has 1 aliphatic heterocycles. The van der Waals surface area contributed by atoms with Crippen LogP contribution in [0.15, 0.2) is 10.7 Å². The van der Waals surface area contributed by atoms with E-state index in [-0.39, 0.29) is 6.10 Å². The van der Waals surface area contributed by atoms with Crippen molar-refractivity contribution >= 4 is 50.7 Å². The summed E-state index contributed by atoms with van der Waals surface area (Å²) in [6.07, 6.45) is 4.06. The van der Waals surface area contributed by atoms with Crippen LogP contribution in [-0.2, 0) is 4.74 Å². The molecule has 1 aromatic rings. The Morgan fingerprint density at radius 2 is 2.47 bits per heavy atom. The summed E-state index contributed by atoms with van der Waals surface area (Å²) in [6.45, 7) is 3.48. The number of anilines is 1. The first-order valence-electron chi connectivity index (χ1n) is 6.05. The van der Waals surface area contributed by atoms with Gasteiger partial charge in [-0.05, 0) is 53.5 Å². The summed E-state index contributed by atoms with van der Waals surface area (Å²) in [5.74, 6) is 0.659. The average Bonchev–Trinajstić information content (AvgIpc) is 2.90. The largest absolute Gasteiger partial charge is 0.376 e. The minimum absolute atomic E-state index is 0.253. The van der Waals surface area contributed by atoms with Crippen molar-refractivity contribution < 1.29 is 4.74 Å². The van der Waals surface area contributed by atoms with Crippen molar-refractivity contribution in [3.05, 3.63) is 21.3 Å². The maximum absolute atomic E-state index is 5.98. The summed E-state index contributed by atoms with van der Waals surface area (Å²) in [5, 5.41) is 7.34. The molecule has 7 heteroatoms. The molecule has 1 unspecified atom stereocenters. The molecular weight excluding hydrogens is 350 g/mol. The molecule has 104 valence electrons. The van der Waals surface area contributed by atoms with Crippen LogP contribution in [0.2, 0.25) is 5.02 Å². The minimum Gasteiger partial charge on any atom is -0.376 e. The van der Waals surface area contributed by atoms with E-state index >= 15 is 0 Å². The Bertz CT molecular complexity index is 480. The number of ether oxygens (including phenoxy) is 1. The lowest BCUT2D eigenvalue weighted by Crippen LogP contribution is -2.35. The highest BCUT2D eigenvalue weighted by Crippen LogP contribution is 2.28. The highest BCUT2D eigenvalue weighted by molar-refractivity contribution is 9.10. The molecule has 0 saturated carbocycles. The number of nitrogens with zero attached hydrogens (tertiary/aromatic N) is 1. The van der Waals surface area contributed by atoms with Crippen molar-refractivity contribution in [3.8, 4) is 0 Å². The fourth-order valence-corrected chi connectivity index (χ4v) is 2.66. The summed E-state index contributed by atoms with van der Waals surface area (Å²) in [4.78, 5) is 4.21. The minimum atomic E-state index is 0.253. The number of rotatable bonds is 3. The van der Waals surface area contributed by atoms with Crippen LogP contribution >= 0.6 is 39.7 Å². The molecular formula is C12H15BrClN3OS. The van der Waals surface area contributed by atoms with Crippen molar-refractivity contribution in [1.29, 1.82) is 0 Å². The van der Waals surface area contributed by atoms with E-state index in [9.17, 15) is 0 Å². The van der Waals surface area contributed by atoms with Gasteiger partial charge in [0.05, 0.1) is 15.6 Å². The molecule has 19 heavy (non-hydrogen) atoms. The van der Waals surface area contributed by atoms with Crippen LogP contribution < -0.4 is 10.6 Å². The normalized spacial score (nSPS) is 18.4. The molecule has 0 aliphatic carbocycles. The molecule has 1 aromatic heterocycles. The second-order valence-electron chi connectivity index (χ2n) is 4.36. The van der Waals surface area contributed by atoms with Gasteiger partial charge in [-0.15, -0.1) is 0 Å². The number of hydrogen-bond donors (Lipinski definition) is 2. The standard InChI is InChI=1S/C12H15BrClN3OS/c1-7-9(14)6-15-11(10(7)13)17-12(19)16-5-8-3-2-4-18-8/h6,8H,2-5H2,1H3,(H2,15,16,17,19). The van der Waals surface area contributed by atoms with E-state index in [0.717, 1.165) is 36.0 Å². The van der Waals surface area contributed by atoms with E-state index in [1.54, 1.807) is 6.20 Å². The lowest BCUT2D eigenvalue weighted by molar-refractivity contribution is 0.114. The van der Waals surface area contributed by atoms with Crippen LogP contribution in [0.1, 0.15) is 18.4 Å². The highest BCUT2D eigenvalue weighted by atomic mass is 79.9. The second kappa shape index (κ2) is 6.83. The smallest absolute Gasteiger partial charge is 0.172 e. The Balaban J connectivity index is 1.89. The van der Waals surface area contributed by atoms with Gasteiger partial charge in [0.25, 0.3) is 0 Å². The van der Waals surface area contributed by atoms with Crippen LogP contribution in [0.4, 0.5) is 5.82 Å². The first kappa shape index (κ1) is 15.0. The number of nitrogens with one attached hydrogen (secondary N) is 2. The van der Waals surface area contributed by atoms with Crippen LogP contribution in [0, 0.1) is 6.92 Å². The third kappa shape index (κ3) is 4.02. The zero-order valence-electron chi connectivity index (χ0n) is 10.5. The molecule has 1 saturated heterocycles. The second-order valence-corrected chi connectivity index (χ2v) is 5.97. The quantitative estimate of drug-likeness (QED) is 0.806. The predicted molar refractivity (Wildman–Crippen MR) is 84.9 cm³/mol. The SMILES string of the molecule is Cc1c(Cl)cnc(NC(=S)NCC2CCCO2)c1Br. The van der Waals surface area contributed by atoms with Crippen molar-refractivity contribution in [2.45, 2.75) is 25.9 Å². The number of thiocarbonyl (C=S) groups is 1. The topological polar surface area (TPSA) is 46.2 Å². The van der Waals surface area contributed by atoms with E-state index in [2.05, 4.69) is 31.5 Å². The number of halogens is 2. The molecule has 1 aliphatic rings. The summed E-state index contributed by atoms with van der Waals surface area (Å²) in [6, 6.07) is 0. The van der Waals surface area contributed by atoms with Gasteiger partial charge in [0, 0.05) is 19.3 Å². The van der Waals surface area contributed by atoms with Gasteiger partial charge in [-0.3, -0.25) is 0 Å². The lowest BCUT2D eigenvalue weighted by Gasteiger charge is -2.15. The first-order chi connectivity index (χ1) is 9.08. The third-order valence-corrected chi connectivity index (χ3v) is 4.55. The number of hydrogen-bond acceptors (Lipinski definition) is 3. The Morgan fingerprint density at radius 3 is 3.16 bits per heavy atom. The predicted octanol–water partition coefficient (Wildman–Crippen LogP) is 3.27. The average molecular weight is 365 g/mol. The van der Waals surface area contributed by atoms with E-state index in [0.29, 0.717) is 16.0 Å². The van der Waals surface area contributed by atoms with Crippen molar-refractivity contribution in [2.24, 2.45) is 0 Å². The highest BCUT2D eigenvalue weighted by Gasteiger charge is 2.16. The Labute approximate surface area is 131 Å². The molecule has 1 atom stereocenters. The van der Waals surface area contributed by atoms with Gasteiger partial charge in [-0.2, -0.15) is 0 Å². The van der Waals surface area contributed by atoms with Crippen molar-refractivity contribution in [1.82, 2.24) is 10.3 Å². The third-order valence-electron chi connectivity index (χ3n) is 2.95. The monoisotopic (exact) mass is 363 g/mol. The Morgan fingerprint density at radius 1 is 1.68 bits per heavy atom. The van der Waals surface area contributed by atoms with Gasteiger partial charge in [-0.1, -0.05) is 11.6 Å². The van der Waals surface area contributed by atoms with Crippen LogP contribution in [0.25, 0.3) is 0 Å². The van der Waals surface area contributed by atoms with E-state index in [4.69, 9.17) is 28.6 Å². The summed E-state index contributed by atoms with van der Waals surface area (Å²) in [7, 11) is 0. The number of aromatic nitrogens is 1. The van der Waals surface area contributed by atoms with Gasteiger partial charge < -0.3 is 15.4 Å². The lowest BCUT2D eigenvalue weighted by atomic mass is 10.2. The molecule has 0 spiro atoms. The molecule has 2 rings (SSSR count). The fraction of sp³-hybridized carbons (Fsp3) is 0.500. The van der Waals surface area contributed by atoms with Crippen molar-refractivity contribution in [2.75, 3.05) is 18.5 Å².